The molecule has 1 amide bonds. The predicted molar refractivity (Wildman–Crippen MR) is 82.0 cm³/mol. The number of rotatable bonds is 3. The average molecular weight is 277 g/mol. The molecule has 104 valence electrons. The Morgan fingerprint density at radius 1 is 1.32 bits per heavy atom. The van der Waals surface area contributed by atoms with Crippen molar-refractivity contribution in [3.63, 3.8) is 0 Å². The number of amides is 1. The van der Waals surface area contributed by atoms with E-state index < -0.39 is 0 Å². The number of hydrogen-bond donors (Lipinski definition) is 2. The summed E-state index contributed by atoms with van der Waals surface area (Å²) >= 11 is 4.30. The molecule has 0 unspecified atom stereocenters. The molecule has 1 N–H and O–H groups in total. The summed E-state index contributed by atoms with van der Waals surface area (Å²) in [6.45, 7) is 5.03. The maximum atomic E-state index is 12.3. The van der Waals surface area contributed by atoms with Crippen LogP contribution in [0.2, 0.25) is 0 Å². The fourth-order valence-electron chi connectivity index (χ4n) is 2.83. The van der Waals surface area contributed by atoms with E-state index in [4.69, 9.17) is 0 Å². The first kappa shape index (κ1) is 14.4. The van der Waals surface area contributed by atoms with Crippen LogP contribution in [0, 0.1) is 12.3 Å². The molecule has 0 heterocycles. The predicted octanol–water partition coefficient (Wildman–Crippen LogP) is 3.98. The molecular formula is C16H23NOS. The molecule has 1 aliphatic carbocycles. The Hall–Kier alpha value is -0.960. The summed E-state index contributed by atoms with van der Waals surface area (Å²) in [6, 6.07) is 5.70. The highest BCUT2D eigenvalue weighted by molar-refractivity contribution is 7.80. The summed E-state index contributed by atoms with van der Waals surface area (Å²) in [5, 5.41) is 3.10. The number of nitrogens with one attached hydrogen (secondary N) is 1. The minimum atomic E-state index is 0.0280. The Balaban J connectivity index is 1.99. The molecule has 0 aromatic heterocycles. The maximum absolute atomic E-state index is 12.3. The smallest absolute Gasteiger partial charge is 0.251 e. The fourth-order valence-corrected chi connectivity index (χ4v) is 3.03. The molecule has 0 saturated heterocycles. The quantitative estimate of drug-likeness (QED) is 0.804. The first-order valence-corrected chi connectivity index (χ1v) is 7.53. The van der Waals surface area contributed by atoms with Gasteiger partial charge in [0.1, 0.15) is 0 Å². The van der Waals surface area contributed by atoms with Crippen LogP contribution in [0.4, 0.5) is 0 Å². The number of benzene rings is 1. The van der Waals surface area contributed by atoms with Gasteiger partial charge in [0.2, 0.25) is 0 Å². The van der Waals surface area contributed by atoms with Crippen LogP contribution in [0.5, 0.6) is 0 Å². The van der Waals surface area contributed by atoms with E-state index in [9.17, 15) is 4.79 Å². The van der Waals surface area contributed by atoms with Gasteiger partial charge < -0.3 is 5.32 Å². The highest BCUT2D eigenvalue weighted by Gasteiger charge is 2.27. The third kappa shape index (κ3) is 3.75. The highest BCUT2D eigenvalue weighted by atomic mass is 32.1. The van der Waals surface area contributed by atoms with E-state index >= 15 is 0 Å². The number of carbonyl (C=O) groups is 1. The normalized spacial score (nSPS) is 18.1. The topological polar surface area (TPSA) is 29.1 Å². The molecule has 1 saturated carbocycles. The van der Waals surface area contributed by atoms with Crippen molar-refractivity contribution in [2.45, 2.75) is 50.8 Å². The van der Waals surface area contributed by atoms with Crippen molar-refractivity contribution in [2.75, 3.05) is 6.54 Å². The van der Waals surface area contributed by atoms with Gasteiger partial charge in [0.15, 0.2) is 0 Å². The van der Waals surface area contributed by atoms with Crippen LogP contribution in [0.15, 0.2) is 23.1 Å². The number of carbonyl (C=O) groups excluding carboxylic acids is 1. The Labute approximate surface area is 121 Å². The average Bonchev–Trinajstić information content (AvgIpc) is 2.40. The van der Waals surface area contributed by atoms with E-state index in [2.05, 4.69) is 24.9 Å². The lowest BCUT2D eigenvalue weighted by Gasteiger charge is -2.33. The van der Waals surface area contributed by atoms with Gasteiger partial charge in [-0.2, -0.15) is 0 Å². The minimum Gasteiger partial charge on any atom is -0.351 e. The van der Waals surface area contributed by atoms with Crippen LogP contribution in [0.25, 0.3) is 0 Å². The van der Waals surface area contributed by atoms with Crippen molar-refractivity contribution >= 4 is 18.5 Å². The molecule has 19 heavy (non-hydrogen) atoms. The highest BCUT2D eigenvalue weighted by Crippen LogP contribution is 2.35. The lowest BCUT2D eigenvalue weighted by molar-refractivity contribution is 0.0918. The van der Waals surface area contributed by atoms with E-state index in [1.54, 1.807) is 0 Å². The second-order valence-electron chi connectivity index (χ2n) is 6.05. The minimum absolute atomic E-state index is 0.0280. The Bertz CT molecular complexity index is 464. The van der Waals surface area contributed by atoms with Crippen LogP contribution < -0.4 is 5.32 Å². The number of hydrogen-bond acceptors (Lipinski definition) is 2. The molecule has 1 fully saturated rings. The summed E-state index contributed by atoms with van der Waals surface area (Å²) in [5.41, 5.74) is 2.02. The molecular weight excluding hydrogens is 254 g/mol. The van der Waals surface area contributed by atoms with Gasteiger partial charge in [0.05, 0.1) is 0 Å². The molecule has 0 spiro atoms. The molecule has 1 aliphatic rings. The van der Waals surface area contributed by atoms with Crippen molar-refractivity contribution in [1.82, 2.24) is 5.32 Å². The van der Waals surface area contributed by atoms with Crippen molar-refractivity contribution < 1.29 is 4.79 Å². The van der Waals surface area contributed by atoms with Gasteiger partial charge in [-0.1, -0.05) is 32.3 Å². The van der Waals surface area contributed by atoms with Crippen LogP contribution >= 0.6 is 12.6 Å². The van der Waals surface area contributed by atoms with Gasteiger partial charge in [0.25, 0.3) is 5.91 Å². The van der Waals surface area contributed by atoms with E-state index in [0.29, 0.717) is 0 Å². The molecule has 2 nitrogen and oxygen atoms in total. The molecule has 0 radical (unpaired) electrons. The number of aryl methyl sites for hydroxylation is 1. The van der Waals surface area contributed by atoms with E-state index in [1.807, 2.05) is 25.1 Å². The first-order valence-electron chi connectivity index (χ1n) is 7.08. The van der Waals surface area contributed by atoms with Crippen molar-refractivity contribution in [3.05, 3.63) is 29.3 Å². The summed E-state index contributed by atoms with van der Waals surface area (Å²) in [6.07, 6.45) is 6.36. The SMILES string of the molecule is Cc1ccc(S)cc1C(=O)NCC1(C)CCCCC1. The van der Waals surface area contributed by atoms with Gasteiger partial charge in [-0.3, -0.25) is 4.79 Å². The molecule has 2 rings (SSSR count). The monoisotopic (exact) mass is 277 g/mol. The lowest BCUT2D eigenvalue weighted by Crippen LogP contribution is -2.37. The molecule has 1 aromatic carbocycles. The van der Waals surface area contributed by atoms with Gasteiger partial charge in [0, 0.05) is 17.0 Å². The zero-order valence-corrected chi connectivity index (χ0v) is 12.7. The second-order valence-corrected chi connectivity index (χ2v) is 6.57. The van der Waals surface area contributed by atoms with E-state index in [0.717, 1.165) is 22.6 Å². The first-order chi connectivity index (χ1) is 9.00. The molecule has 0 atom stereocenters. The zero-order valence-electron chi connectivity index (χ0n) is 11.8. The van der Waals surface area contributed by atoms with Crippen molar-refractivity contribution in [1.29, 1.82) is 0 Å². The Morgan fingerprint density at radius 3 is 2.68 bits per heavy atom. The van der Waals surface area contributed by atoms with E-state index in [-0.39, 0.29) is 11.3 Å². The van der Waals surface area contributed by atoms with Crippen LogP contribution in [0.3, 0.4) is 0 Å². The summed E-state index contributed by atoms with van der Waals surface area (Å²) in [4.78, 5) is 13.1. The fraction of sp³-hybridized carbons (Fsp3) is 0.562. The van der Waals surface area contributed by atoms with Gasteiger partial charge in [-0.25, -0.2) is 0 Å². The second kappa shape index (κ2) is 6.00. The van der Waals surface area contributed by atoms with Gasteiger partial charge in [-0.05, 0) is 42.9 Å². The van der Waals surface area contributed by atoms with Crippen molar-refractivity contribution in [2.24, 2.45) is 5.41 Å². The molecule has 0 bridgehead atoms. The van der Waals surface area contributed by atoms with Gasteiger partial charge >= 0.3 is 0 Å². The standard InChI is InChI=1S/C16H23NOS/c1-12-6-7-13(19)10-14(12)15(18)17-11-16(2)8-4-3-5-9-16/h6-7,10,19H,3-5,8-9,11H2,1-2H3,(H,17,18). The third-order valence-corrected chi connectivity index (χ3v) is 4.48. The van der Waals surface area contributed by atoms with Crippen LogP contribution in [-0.4, -0.2) is 12.5 Å². The van der Waals surface area contributed by atoms with Crippen LogP contribution in [-0.2, 0) is 0 Å². The zero-order chi connectivity index (χ0) is 13.9. The largest absolute Gasteiger partial charge is 0.351 e. The van der Waals surface area contributed by atoms with Crippen molar-refractivity contribution in [3.8, 4) is 0 Å². The van der Waals surface area contributed by atoms with E-state index in [1.165, 1.54) is 32.1 Å². The third-order valence-electron chi connectivity index (χ3n) is 4.20. The summed E-state index contributed by atoms with van der Waals surface area (Å²) in [7, 11) is 0. The molecule has 0 aliphatic heterocycles. The molecule has 3 heteroatoms. The summed E-state index contributed by atoms with van der Waals surface area (Å²) in [5.74, 6) is 0.0280. The maximum Gasteiger partial charge on any atom is 0.251 e. The number of thiol groups is 1. The van der Waals surface area contributed by atoms with Gasteiger partial charge in [-0.15, -0.1) is 12.6 Å². The Kier molecular flexibility index (Phi) is 4.56. The Morgan fingerprint density at radius 2 is 2.00 bits per heavy atom. The van der Waals surface area contributed by atoms with Crippen LogP contribution in [0.1, 0.15) is 54.9 Å². The summed E-state index contributed by atoms with van der Waals surface area (Å²) < 4.78 is 0. The molecule has 1 aromatic rings. The lowest BCUT2D eigenvalue weighted by atomic mass is 9.76.